The molecule has 140 valence electrons. The zero-order valence-electron chi connectivity index (χ0n) is 15.0. The van der Waals surface area contributed by atoms with Crippen LogP contribution in [0, 0.1) is 12.8 Å². The number of nitrogens with zero attached hydrogens (tertiary/aromatic N) is 2. The minimum Gasteiger partial charge on any atom is -0.375 e. The second-order valence-electron chi connectivity index (χ2n) is 7.05. The molecule has 0 bridgehead atoms. The van der Waals surface area contributed by atoms with Gasteiger partial charge in [-0.2, -0.15) is 4.31 Å². The number of rotatable bonds is 3. The van der Waals surface area contributed by atoms with Gasteiger partial charge in [-0.25, -0.2) is 8.42 Å². The van der Waals surface area contributed by atoms with Crippen molar-refractivity contribution >= 4 is 27.3 Å². The lowest BCUT2D eigenvalue weighted by Crippen LogP contribution is -2.54. The maximum atomic E-state index is 13.0. The molecule has 2 saturated heterocycles. The number of carbonyl (C=O) groups is 1. The number of piperidine rings is 1. The number of amides is 1. The van der Waals surface area contributed by atoms with E-state index in [1.165, 1.54) is 15.6 Å². The summed E-state index contributed by atoms with van der Waals surface area (Å²) in [7, 11) is -3.51. The van der Waals surface area contributed by atoms with E-state index in [0.29, 0.717) is 30.3 Å². The van der Waals surface area contributed by atoms with Crippen LogP contribution in [0.15, 0.2) is 16.3 Å². The monoisotopic (exact) mass is 386 g/mol. The number of hydrogen-bond donors (Lipinski definition) is 0. The quantitative estimate of drug-likeness (QED) is 0.798. The average Bonchev–Trinajstić information content (AvgIpc) is 3.04. The largest absolute Gasteiger partial charge is 0.375 e. The second kappa shape index (κ2) is 7.34. The fourth-order valence-corrected chi connectivity index (χ4v) is 6.45. The highest BCUT2D eigenvalue weighted by molar-refractivity contribution is 7.91. The molecule has 3 heterocycles. The molecule has 0 aliphatic carbocycles. The van der Waals surface area contributed by atoms with E-state index >= 15 is 0 Å². The number of carbonyl (C=O) groups excluding carboxylic acids is 1. The van der Waals surface area contributed by atoms with Crippen molar-refractivity contribution in [3.8, 4) is 0 Å². The normalized spacial score (nSPS) is 28.9. The number of morpholine rings is 1. The van der Waals surface area contributed by atoms with Gasteiger partial charge in [-0.1, -0.05) is 0 Å². The van der Waals surface area contributed by atoms with Gasteiger partial charge in [-0.3, -0.25) is 4.79 Å². The predicted molar refractivity (Wildman–Crippen MR) is 97.1 cm³/mol. The highest BCUT2D eigenvalue weighted by atomic mass is 32.2. The summed E-state index contributed by atoms with van der Waals surface area (Å²) >= 11 is 1.29. The first-order valence-electron chi connectivity index (χ1n) is 8.77. The van der Waals surface area contributed by atoms with E-state index in [9.17, 15) is 13.2 Å². The number of sulfonamides is 1. The van der Waals surface area contributed by atoms with Crippen LogP contribution >= 0.6 is 11.3 Å². The summed E-state index contributed by atoms with van der Waals surface area (Å²) in [5.41, 5.74) is 0. The molecule has 0 N–H and O–H groups in total. The van der Waals surface area contributed by atoms with Crippen molar-refractivity contribution in [2.75, 3.05) is 26.2 Å². The number of thiophene rings is 1. The molecule has 25 heavy (non-hydrogen) atoms. The van der Waals surface area contributed by atoms with Crippen LogP contribution in [0.4, 0.5) is 0 Å². The SMILES string of the molecule is Cc1ccc(S(=O)(=O)N2CCCC(C(=O)N3CC(C)OCC3C)C2)s1. The minimum absolute atomic E-state index is 0.0256. The third-order valence-corrected chi connectivity index (χ3v) is 8.27. The first-order chi connectivity index (χ1) is 11.8. The fraction of sp³-hybridized carbons (Fsp3) is 0.706. The first kappa shape index (κ1) is 18.8. The third kappa shape index (κ3) is 3.92. The van der Waals surface area contributed by atoms with E-state index in [-0.39, 0.29) is 30.5 Å². The lowest BCUT2D eigenvalue weighted by Gasteiger charge is -2.40. The Morgan fingerprint density at radius 2 is 2.04 bits per heavy atom. The van der Waals surface area contributed by atoms with Gasteiger partial charge in [0.15, 0.2) is 0 Å². The smallest absolute Gasteiger partial charge is 0.252 e. The summed E-state index contributed by atoms with van der Waals surface area (Å²) in [5.74, 6) is -0.206. The molecule has 0 aromatic carbocycles. The molecular formula is C17H26N2O4S2. The van der Waals surface area contributed by atoms with Crippen LogP contribution < -0.4 is 0 Å². The number of aryl methyl sites for hydroxylation is 1. The molecular weight excluding hydrogens is 360 g/mol. The summed E-state index contributed by atoms with van der Waals surface area (Å²) < 4.78 is 33.2. The van der Waals surface area contributed by atoms with Crippen LogP contribution in [-0.2, 0) is 19.6 Å². The van der Waals surface area contributed by atoms with Crippen molar-refractivity contribution in [1.82, 2.24) is 9.21 Å². The predicted octanol–water partition coefficient (Wildman–Crippen LogP) is 2.09. The van der Waals surface area contributed by atoms with Crippen LogP contribution in [0.2, 0.25) is 0 Å². The number of ether oxygens (including phenoxy) is 1. The van der Waals surface area contributed by atoms with Crippen LogP contribution in [0.3, 0.4) is 0 Å². The van der Waals surface area contributed by atoms with Crippen molar-refractivity contribution in [3.05, 3.63) is 17.0 Å². The van der Waals surface area contributed by atoms with Crippen molar-refractivity contribution in [1.29, 1.82) is 0 Å². The van der Waals surface area contributed by atoms with Gasteiger partial charge in [0.25, 0.3) is 10.0 Å². The van der Waals surface area contributed by atoms with Crippen molar-refractivity contribution in [2.24, 2.45) is 5.92 Å². The lowest BCUT2D eigenvalue weighted by atomic mass is 9.97. The molecule has 1 aromatic heterocycles. The van der Waals surface area contributed by atoms with E-state index in [1.807, 2.05) is 31.7 Å². The van der Waals surface area contributed by atoms with Gasteiger partial charge in [0.1, 0.15) is 4.21 Å². The topological polar surface area (TPSA) is 66.9 Å². The summed E-state index contributed by atoms with van der Waals surface area (Å²) in [6.45, 7) is 7.71. The Labute approximate surface area is 153 Å². The summed E-state index contributed by atoms with van der Waals surface area (Å²) in [6, 6.07) is 3.52. The molecule has 3 atom stereocenters. The van der Waals surface area contributed by atoms with E-state index < -0.39 is 10.0 Å². The van der Waals surface area contributed by atoms with Crippen molar-refractivity contribution in [3.63, 3.8) is 0 Å². The molecule has 3 unspecified atom stereocenters. The molecule has 1 amide bonds. The molecule has 0 radical (unpaired) electrons. The van der Waals surface area contributed by atoms with E-state index in [4.69, 9.17) is 4.74 Å². The van der Waals surface area contributed by atoms with Crippen LogP contribution in [0.1, 0.15) is 31.6 Å². The maximum absolute atomic E-state index is 13.0. The van der Waals surface area contributed by atoms with E-state index in [0.717, 1.165) is 11.3 Å². The molecule has 0 spiro atoms. The highest BCUT2D eigenvalue weighted by Crippen LogP contribution is 2.29. The lowest BCUT2D eigenvalue weighted by molar-refractivity contribution is -0.148. The molecule has 2 aliphatic heterocycles. The Kier molecular flexibility index (Phi) is 5.53. The molecule has 1 aromatic rings. The van der Waals surface area contributed by atoms with Gasteiger partial charge in [0.2, 0.25) is 5.91 Å². The van der Waals surface area contributed by atoms with Crippen LogP contribution in [0.5, 0.6) is 0 Å². The summed E-state index contributed by atoms with van der Waals surface area (Å²) in [5, 5.41) is 0. The Balaban J connectivity index is 1.73. The molecule has 2 aliphatic rings. The molecule has 2 fully saturated rings. The molecule has 8 heteroatoms. The Morgan fingerprint density at radius 3 is 2.72 bits per heavy atom. The Morgan fingerprint density at radius 1 is 1.28 bits per heavy atom. The summed E-state index contributed by atoms with van der Waals surface area (Å²) in [6.07, 6.45) is 1.48. The Bertz CT molecular complexity index is 731. The standard InChI is InChI=1S/C17H26N2O4S2/c1-12-11-23-13(2)9-19(12)17(20)15-5-4-8-18(10-15)25(21,22)16-7-6-14(3)24-16/h6-7,12-13,15H,4-5,8-11H2,1-3H3. The Hall–Kier alpha value is -0.960. The molecule has 6 nitrogen and oxygen atoms in total. The fourth-order valence-electron chi connectivity index (χ4n) is 3.49. The second-order valence-corrected chi connectivity index (χ2v) is 10.5. The van der Waals surface area contributed by atoms with E-state index in [1.54, 1.807) is 6.07 Å². The third-order valence-electron chi connectivity index (χ3n) is 4.93. The van der Waals surface area contributed by atoms with Gasteiger partial charge < -0.3 is 9.64 Å². The number of hydrogen-bond acceptors (Lipinski definition) is 5. The van der Waals surface area contributed by atoms with Gasteiger partial charge in [0, 0.05) is 24.5 Å². The van der Waals surface area contributed by atoms with Crippen molar-refractivity contribution in [2.45, 2.75) is 50.0 Å². The minimum atomic E-state index is -3.51. The zero-order chi connectivity index (χ0) is 18.2. The van der Waals surface area contributed by atoms with Crippen molar-refractivity contribution < 1.29 is 17.9 Å². The maximum Gasteiger partial charge on any atom is 0.252 e. The van der Waals surface area contributed by atoms with Gasteiger partial charge in [-0.05, 0) is 45.7 Å². The van der Waals surface area contributed by atoms with E-state index in [2.05, 4.69) is 0 Å². The zero-order valence-corrected chi connectivity index (χ0v) is 16.6. The summed E-state index contributed by atoms with van der Waals surface area (Å²) in [4.78, 5) is 15.8. The molecule has 0 saturated carbocycles. The molecule has 3 rings (SSSR count). The van der Waals surface area contributed by atoms with Crippen LogP contribution in [0.25, 0.3) is 0 Å². The van der Waals surface area contributed by atoms with Gasteiger partial charge >= 0.3 is 0 Å². The first-order valence-corrected chi connectivity index (χ1v) is 11.0. The highest BCUT2D eigenvalue weighted by Gasteiger charge is 2.38. The van der Waals surface area contributed by atoms with Crippen LogP contribution in [-0.4, -0.2) is 61.9 Å². The average molecular weight is 387 g/mol. The van der Waals surface area contributed by atoms with Gasteiger partial charge in [0.05, 0.1) is 24.7 Å². The van der Waals surface area contributed by atoms with Gasteiger partial charge in [-0.15, -0.1) is 11.3 Å².